The van der Waals surface area contributed by atoms with Gasteiger partial charge in [-0.05, 0) is 29.8 Å². The first-order valence-electron chi connectivity index (χ1n) is 9.47. The van der Waals surface area contributed by atoms with Gasteiger partial charge in [-0.3, -0.25) is 14.8 Å². The maximum Gasteiger partial charge on any atom is 0.293 e. The van der Waals surface area contributed by atoms with Crippen molar-refractivity contribution in [1.82, 2.24) is 24.5 Å². The summed E-state index contributed by atoms with van der Waals surface area (Å²) in [7, 11) is 0. The maximum atomic E-state index is 13.1. The molecule has 0 saturated heterocycles. The third-order valence-corrected chi connectivity index (χ3v) is 4.89. The lowest BCUT2D eigenvalue weighted by Crippen LogP contribution is -2.13. The van der Waals surface area contributed by atoms with Crippen molar-refractivity contribution < 1.29 is 26.8 Å². The Kier molecular flexibility index (Phi) is 6.45. The molecule has 0 unspecified atom stereocenters. The fourth-order valence-corrected chi connectivity index (χ4v) is 3.18. The minimum atomic E-state index is -3.00. The highest BCUT2D eigenvalue weighted by Crippen LogP contribution is 2.26. The highest BCUT2D eigenvalue weighted by molar-refractivity contribution is 6.31. The number of hydrogen-bond acceptors (Lipinski definition) is 5. The summed E-state index contributed by atoms with van der Waals surface area (Å²) in [5, 5.41) is 10.6. The molecule has 0 saturated carbocycles. The van der Waals surface area contributed by atoms with E-state index < -0.39 is 30.1 Å². The molecule has 3 aromatic heterocycles. The molecular formula is C20H15ClF4N6O2. The average molecular weight is 483 g/mol. The van der Waals surface area contributed by atoms with E-state index in [0.717, 1.165) is 5.56 Å². The number of carbonyl (C=O) groups is 1. The number of alkyl halides is 4. The van der Waals surface area contributed by atoms with Crippen molar-refractivity contribution in [3.63, 3.8) is 0 Å². The van der Waals surface area contributed by atoms with Gasteiger partial charge in [-0.2, -0.15) is 5.10 Å². The number of furan rings is 1. The highest BCUT2D eigenvalue weighted by atomic mass is 35.5. The van der Waals surface area contributed by atoms with E-state index in [4.69, 9.17) is 16.0 Å². The Morgan fingerprint density at radius 3 is 2.58 bits per heavy atom. The van der Waals surface area contributed by atoms with Gasteiger partial charge in [-0.25, -0.2) is 27.2 Å². The predicted molar refractivity (Wildman–Crippen MR) is 108 cm³/mol. The summed E-state index contributed by atoms with van der Waals surface area (Å²) in [6.07, 6.45) is -4.59. The number of rotatable bonds is 8. The summed E-state index contributed by atoms with van der Waals surface area (Å²) in [5.41, 5.74) is -0.636. The molecule has 0 aliphatic carbocycles. The van der Waals surface area contributed by atoms with Crippen LogP contribution in [0.2, 0.25) is 5.02 Å². The van der Waals surface area contributed by atoms with E-state index in [1.54, 1.807) is 12.1 Å². The number of benzene rings is 1. The maximum absolute atomic E-state index is 13.1. The number of nitrogens with one attached hydrogen (secondary N) is 1. The van der Waals surface area contributed by atoms with Crippen LogP contribution in [-0.4, -0.2) is 30.5 Å². The van der Waals surface area contributed by atoms with Gasteiger partial charge < -0.3 is 4.42 Å². The van der Waals surface area contributed by atoms with E-state index in [-0.39, 0.29) is 24.0 Å². The van der Waals surface area contributed by atoms with Crippen LogP contribution in [0.4, 0.5) is 23.5 Å². The van der Waals surface area contributed by atoms with Crippen LogP contribution in [0.15, 0.2) is 53.2 Å². The summed E-state index contributed by atoms with van der Waals surface area (Å²) in [5.74, 6) is -0.742. The van der Waals surface area contributed by atoms with Crippen LogP contribution in [0.25, 0.3) is 0 Å². The Balaban J connectivity index is 1.42. The molecule has 0 fully saturated rings. The summed E-state index contributed by atoms with van der Waals surface area (Å²) < 4.78 is 59.4. The Hall–Kier alpha value is -3.67. The molecule has 1 N–H and O–H groups in total. The van der Waals surface area contributed by atoms with Gasteiger partial charge in [0.2, 0.25) is 5.95 Å². The molecule has 172 valence electrons. The quantitative estimate of drug-likeness (QED) is 0.359. The fraction of sp³-hybridized carbons (Fsp3) is 0.200. The summed E-state index contributed by atoms with van der Waals surface area (Å²) in [6, 6.07) is 10.5. The number of carbonyl (C=O) groups excluding carboxylic acids is 1. The van der Waals surface area contributed by atoms with E-state index in [0.29, 0.717) is 22.3 Å². The van der Waals surface area contributed by atoms with Crippen LogP contribution < -0.4 is 5.32 Å². The van der Waals surface area contributed by atoms with E-state index in [1.165, 1.54) is 23.1 Å². The number of amides is 1. The zero-order chi connectivity index (χ0) is 23.5. The van der Waals surface area contributed by atoms with Gasteiger partial charge in [0.25, 0.3) is 18.8 Å². The number of anilines is 1. The van der Waals surface area contributed by atoms with Gasteiger partial charge in [0, 0.05) is 5.02 Å². The molecule has 8 nitrogen and oxygen atoms in total. The summed E-state index contributed by atoms with van der Waals surface area (Å²) in [4.78, 5) is 16.4. The fourth-order valence-electron chi connectivity index (χ4n) is 2.99. The van der Waals surface area contributed by atoms with Crippen molar-refractivity contribution in [3.05, 3.63) is 82.3 Å². The van der Waals surface area contributed by atoms with Crippen LogP contribution in [-0.2, 0) is 13.1 Å². The largest absolute Gasteiger partial charge is 0.454 e. The minimum Gasteiger partial charge on any atom is -0.454 e. The van der Waals surface area contributed by atoms with Gasteiger partial charge in [-0.1, -0.05) is 29.8 Å². The monoisotopic (exact) mass is 482 g/mol. The Labute approximate surface area is 188 Å². The SMILES string of the molecule is O=C(Nc1ncn(Cc2ccccc2Cl)n1)c1ccc(Cn2nc(C(F)F)cc2C(F)F)o1. The normalized spacial score (nSPS) is 11.5. The van der Waals surface area contributed by atoms with E-state index in [2.05, 4.69) is 20.5 Å². The first-order valence-corrected chi connectivity index (χ1v) is 9.85. The molecule has 13 heteroatoms. The van der Waals surface area contributed by atoms with Gasteiger partial charge in [0.15, 0.2) is 5.76 Å². The highest BCUT2D eigenvalue weighted by Gasteiger charge is 2.22. The van der Waals surface area contributed by atoms with Crippen molar-refractivity contribution in [3.8, 4) is 0 Å². The Bertz CT molecular complexity index is 1270. The van der Waals surface area contributed by atoms with Gasteiger partial charge in [0.05, 0.1) is 13.1 Å². The summed E-state index contributed by atoms with van der Waals surface area (Å²) >= 11 is 6.12. The molecule has 1 aromatic carbocycles. The molecule has 0 aliphatic rings. The molecule has 3 heterocycles. The Morgan fingerprint density at radius 1 is 1.06 bits per heavy atom. The Morgan fingerprint density at radius 2 is 1.85 bits per heavy atom. The minimum absolute atomic E-state index is 0.0126. The van der Waals surface area contributed by atoms with Gasteiger partial charge in [-0.15, -0.1) is 5.10 Å². The molecule has 4 rings (SSSR count). The van der Waals surface area contributed by atoms with Crippen molar-refractivity contribution in [2.45, 2.75) is 25.9 Å². The predicted octanol–water partition coefficient (Wildman–Crippen LogP) is 4.95. The first-order chi connectivity index (χ1) is 15.8. The average Bonchev–Trinajstić information content (AvgIpc) is 3.50. The molecular weight excluding hydrogens is 468 g/mol. The molecule has 0 spiro atoms. The molecule has 0 radical (unpaired) electrons. The number of halogens is 5. The van der Waals surface area contributed by atoms with Crippen LogP contribution in [0, 0.1) is 0 Å². The second-order valence-electron chi connectivity index (χ2n) is 6.83. The molecule has 0 aliphatic heterocycles. The lowest BCUT2D eigenvalue weighted by atomic mass is 10.2. The third kappa shape index (κ3) is 5.22. The molecule has 33 heavy (non-hydrogen) atoms. The molecule has 4 aromatic rings. The smallest absolute Gasteiger partial charge is 0.293 e. The second kappa shape index (κ2) is 9.45. The first kappa shape index (κ1) is 22.5. The molecule has 0 bridgehead atoms. The number of aromatic nitrogens is 5. The van der Waals surface area contributed by atoms with Crippen LogP contribution in [0.3, 0.4) is 0 Å². The lowest BCUT2D eigenvalue weighted by molar-refractivity contribution is 0.0993. The van der Waals surface area contributed by atoms with Gasteiger partial charge >= 0.3 is 0 Å². The van der Waals surface area contributed by atoms with Crippen molar-refractivity contribution in [2.75, 3.05) is 5.32 Å². The van der Waals surface area contributed by atoms with Crippen LogP contribution >= 0.6 is 11.6 Å². The van der Waals surface area contributed by atoms with Crippen LogP contribution in [0.5, 0.6) is 0 Å². The van der Waals surface area contributed by atoms with Gasteiger partial charge in [0.1, 0.15) is 23.5 Å². The van der Waals surface area contributed by atoms with Crippen molar-refractivity contribution in [2.24, 2.45) is 0 Å². The number of nitrogens with zero attached hydrogens (tertiary/aromatic N) is 5. The van der Waals surface area contributed by atoms with E-state index in [1.807, 2.05) is 12.1 Å². The third-order valence-electron chi connectivity index (χ3n) is 4.52. The van der Waals surface area contributed by atoms with Crippen molar-refractivity contribution >= 4 is 23.5 Å². The van der Waals surface area contributed by atoms with Crippen molar-refractivity contribution in [1.29, 1.82) is 0 Å². The van der Waals surface area contributed by atoms with E-state index >= 15 is 0 Å². The zero-order valence-corrected chi connectivity index (χ0v) is 17.4. The zero-order valence-electron chi connectivity index (χ0n) is 16.6. The molecule has 1 amide bonds. The topological polar surface area (TPSA) is 90.8 Å². The molecule has 0 atom stereocenters. The van der Waals surface area contributed by atoms with Crippen LogP contribution in [0.1, 0.15) is 46.1 Å². The standard InChI is InChI=1S/C20H15ClF4N6O2/c21-13-4-2-1-3-11(13)8-30-10-26-20(29-30)27-19(32)16-6-5-12(33-16)9-31-15(18(24)25)7-14(28-31)17(22)23/h1-7,10,17-18H,8-9H2,(H,27,29,32). The summed E-state index contributed by atoms with van der Waals surface area (Å²) in [6.45, 7) is -0.0191. The second-order valence-corrected chi connectivity index (χ2v) is 7.24. The number of hydrogen-bond donors (Lipinski definition) is 1. The lowest BCUT2D eigenvalue weighted by Gasteiger charge is -2.04. The van der Waals surface area contributed by atoms with E-state index in [9.17, 15) is 22.4 Å².